The van der Waals surface area contributed by atoms with E-state index in [2.05, 4.69) is 5.32 Å². The summed E-state index contributed by atoms with van der Waals surface area (Å²) in [6, 6.07) is 0. The Labute approximate surface area is 99.7 Å². The van der Waals surface area contributed by atoms with E-state index >= 15 is 0 Å². The molecule has 0 spiro atoms. The average molecular weight is 251 g/mol. The largest absolute Gasteiger partial charge is 0.383 e. The Kier molecular flexibility index (Phi) is 9.97. The van der Waals surface area contributed by atoms with E-state index in [1.165, 1.54) is 0 Å². The molecule has 0 aliphatic rings. The van der Waals surface area contributed by atoms with Crippen molar-refractivity contribution in [3.8, 4) is 0 Å². The number of rotatable bonds is 11. The summed E-state index contributed by atoms with van der Waals surface area (Å²) in [5.74, 6) is 0.680. The number of hydrogen-bond donors (Lipinski definition) is 1. The summed E-state index contributed by atoms with van der Waals surface area (Å²) in [6.07, 6.45) is 3.40. The van der Waals surface area contributed by atoms with Crippen molar-refractivity contribution in [2.24, 2.45) is 0 Å². The predicted octanol–water partition coefficient (Wildman–Crippen LogP) is 1.22. The Morgan fingerprint density at radius 1 is 1.06 bits per heavy atom. The van der Waals surface area contributed by atoms with Crippen molar-refractivity contribution in [3.05, 3.63) is 0 Å². The van der Waals surface area contributed by atoms with Crippen molar-refractivity contribution in [1.82, 2.24) is 5.32 Å². The smallest absolute Gasteiger partial charge is 0.150 e. The van der Waals surface area contributed by atoms with Crippen LogP contribution < -0.4 is 5.32 Å². The average Bonchev–Trinajstić information content (AvgIpc) is 2.25. The van der Waals surface area contributed by atoms with Gasteiger partial charge in [-0.05, 0) is 25.8 Å². The highest BCUT2D eigenvalue weighted by molar-refractivity contribution is 7.91. The standard InChI is InChI=1S/C11H25NO3S/c1-3-4-10-16(13,14)11-6-5-7-12-8-9-15-2/h12H,3-11H2,1-2H3. The van der Waals surface area contributed by atoms with Gasteiger partial charge in [-0.25, -0.2) is 8.42 Å². The van der Waals surface area contributed by atoms with Crippen LogP contribution in [0, 0.1) is 0 Å². The van der Waals surface area contributed by atoms with E-state index in [9.17, 15) is 8.42 Å². The minimum absolute atomic E-state index is 0.332. The second-order valence-electron chi connectivity index (χ2n) is 3.96. The molecule has 0 atom stereocenters. The van der Waals surface area contributed by atoms with Crippen molar-refractivity contribution < 1.29 is 13.2 Å². The molecule has 0 radical (unpaired) electrons. The van der Waals surface area contributed by atoms with Gasteiger partial charge >= 0.3 is 0 Å². The third-order valence-electron chi connectivity index (χ3n) is 2.35. The van der Waals surface area contributed by atoms with Gasteiger partial charge in [-0.1, -0.05) is 13.3 Å². The van der Waals surface area contributed by atoms with Crippen LogP contribution in [0.3, 0.4) is 0 Å². The van der Waals surface area contributed by atoms with Crippen LogP contribution in [0.4, 0.5) is 0 Å². The van der Waals surface area contributed by atoms with Crippen LogP contribution in [-0.4, -0.2) is 46.7 Å². The van der Waals surface area contributed by atoms with Gasteiger partial charge in [0.2, 0.25) is 0 Å². The van der Waals surface area contributed by atoms with Gasteiger partial charge in [0.05, 0.1) is 18.1 Å². The van der Waals surface area contributed by atoms with Gasteiger partial charge in [0.15, 0.2) is 0 Å². The van der Waals surface area contributed by atoms with Crippen molar-refractivity contribution >= 4 is 9.84 Å². The number of methoxy groups -OCH3 is 1. The number of sulfone groups is 1. The summed E-state index contributed by atoms with van der Waals surface area (Å²) in [4.78, 5) is 0. The van der Waals surface area contributed by atoms with Gasteiger partial charge < -0.3 is 10.1 Å². The van der Waals surface area contributed by atoms with E-state index in [-0.39, 0.29) is 0 Å². The lowest BCUT2D eigenvalue weighted by atomic mass is 10.3. The third-order valence-corrected chi connectivity index (χ3v) is 4.17. The van der Waals surface area contributed by atoms with E-state index in [1.807, 2.05) is 6.92 Å². The van der Waals surface area contributed by atoms with Crippen LogP contribution in [0.25, 0.3) is 0 Å². The Hall–Kier alpha value is -0.130. The molecule has 4 nitrogen and oxygen atoms in total. The molecule has 98 valence electrons. The Morgan fingerprint density at radius 2 is 1.75 bits per heavy atom. The van der Waals surface area contributed by atoms with Crippen LogP contribution in [-0.2, 0) is 14.6 Å². The summed E-state index contributed by atoms with van der Waals surface area (Å²) < 4.78 is 27.9. The molecule has 0 unspecified atom stereocenters. The van der Waals surface area contributed by atoms with Crippen molar-refractivity contribution in [2.45, 2.75) is 32.6 Å². The highest BCUT2D eigenvalue weighted by Gasteiger charge is 2.08. The third kappa shape index (κ3) is 10.4. The zero-order valence-corrected chi connectivity index (χ0v) is 11.3. The topological polar surface area (TPSA) is 55.4 Å². The lowest BCUT2D eigenvalue weighted by molar-refractivity contribution is 0.199. The maximum atomic E-state index is 11.5. The SMILES string of the molecule is CCCCS(=O)(=O)CCCCNCCOC. The van der Waals surface area contributed by atoms with Gasteiger partial charge in [-0.15, -0.1) is 0 Å². The van der Waals surface area contributed by atoms with Gasteiger partial charge in [0, 0.05) is 13.7 Å². The molecule has 0 aromatic carbocycles. The van der Waals surface area contributed by atoms with Crippen LogP contribution in [0.1, 0.15) is 32.6 Å². The fraction of sp³-hybridized carbons (Fsp3) is 1.00. The van der Waals surface area contributed by atoms with E-state index in [0.29, 0.717) is 18.1 Å². The molecule has 0 aliphatic heterocycles. The zero-order chi connectivity index (χ0) is 12.3. The van der Waals surface area contributed by atoms with Gasteiger partial charge in [-0.3, -0.25) is 0 Å². The Morgan fingerprint density at radius 3 is 2.38 bits per heavy atom. The first-order valence-electron chi connectivity index (χ1n) is 6.02. The van der Waals surface area contributed by atoms with E-state index < -0.39 is 9.84 Å². The summed E-state index contributed by atoms with van der Waals surface area (Å²) in [5.41, 5.74) is 0. The fourth-order valence-corrected chi connectivity index (χ4v) is 2.91. The quantitative estimate of drug-likeness (QED) is 0.561. The summed E-state index contributed by atoms with van der Waals surface area (Å²) in [7, 11) is -1.12. The van der Waals surface area contributed by atoms with Gasteiger partial charge in [-0.2, -0.15) is 0 Å². The van der Waals surface area contributed by atoms with Crippen molar-refractivity contribution in [1.29, 1.82) is 0 Å². The highest BCUT2D eigenvalue weighted by Crippen LogP contribution is 2.00. The first-order chi connectivity index (χ1) is 7.62. The molecule has 0 amide bonds. The molecule has 0 rings (SSSR count). The number of unbranched alkanes of at least 4 members (excludes halogenated alkanes) is 2. The maximum absolute atomic E-state index is 11.5. The van der Waals surface area contributed by atoms with Crippen molar-refractivity contribution in [2.75, 3.05) is 38.3 Å². The molecular formula is C11H25NO3S. The minimum atomic E-state index is -2.79. The van der Waals surface area contributed by atoms with E-state index in [0.717, 1.165) is 38.8 Å². The molecule has 0 fully saturated rings. The van der Waals surface area contributed by atoms with Crippen molar-refractivity contribution in [3.63, 3.8) is 0 Å². The first-order valence-corrected chi connectivity index (χ1v) is 7.84. The summed E-state index contributed by atoms with van der Waals surface area (Å²) in [5, 5.41) is 3.20. The lowest BCUT2D eigenvalue weighted by Gasteiger charge is -2.05. The van der Waals surface area contributed by atoms with Gasteiger partial charge in [0.25, 0.3) is 0 Å². The normalized spacial score (nSPS) is 11.9. The second kappa shape index (κ2) is 10.1. The molecule has 1 N–H and O–H groups in total. The molecule has 0 aromatic heterocycles. The van der Waals surface area contributed by atoms with Gasteiger partial charge in [0.1, 0.15) is 9.84 Å². The zero-order valence-electron chi connectivity index (χ0n) is 10.5. The van der Waals surface area contributed by atoms with Crippen LogP contribution >= 0.6 is 0 Å². The molecule has 5 heteroatoms. The number of nitrogens with one attached hydrogen (secondary N) is 1. The van der Waals surface area contributed by atoms with Crippen LogP contribution in [0.15, 0.2) is 0 Å². The molecule has 0 aliphatic carbocycles. The van der Waals surface area contributed by atoms with E-state index in [4.69, 9.17) is 4.74 Å². The van der Waals surface area contributed by atoms with E-state index in [1.54, 1.807) is 7.11 Å². The summed E-state index contributed by atoms with van der Waals surface area (Å²) in [6.45, 7) is 4.41. The molecule has 0 heterocycles. The summed E-state index contributed by atoms with van der Waals surface area (Å²) >= 11 is 0. The first kappa shape index (κ1) is 15.9. The molecule has 0 bridgehead atoms. The fourth-order valence-electron chi connectivity index (χ4n) is 1.34. The molecule has 16 heavy (non-hydrogen) atoms. The Bertz CT molecular complexity index is 240. The second-order valence-corrected chi connectivity index (χ2v) is 6.26. The Balaban J connectivity index is 3.36. The number of ether oxygens (including phenoxy) is 1. The highest BCUT2D eigenvalue weighted by atomic mass is 32.2. The number of hydrogen-bond acceptors (Lipinski definition) is 4. The maximum Gasteiger partial charge on any atom is 0.150 e. The predicted molar refractivity (Wildman–Crippen MR) is 67.5 cm³/mol. The molecule has 0 saturated carbocycles. The molecular weight excluding hydrogens is 226 g/mol. The van der Waals surface area contributed by atoms with Crippen LogP contribution in [0.5, 0.6) is 0 Å². The minimum Gasteiger partial charge on any atom is -0.383 e. The monoisotopic (exact) mass is 251 g/mol. The lowest BCUT2D eigenvalue weighted by Crippen LogP contribution is -2.21. The van der Waals surface area contributed by atoms with Crippen LogP contribution in [0.2, 0.25) is 0 Å². The molecule has 0 aromatic rings. The molecule has 0 saturated heterocycles.